The molecule has 12 heavy (non-hydrogen) atoms. The van der Waals surface area contributed by atoms with Gasteiger partial charge < -0.3 is 4.90 Å². The van der Waals surface area contributed by atoms with Crippen molar-refractivity contribution in [2.24, 2.45) is 5.92 Å². The van der Waals surface area contributed by atoms with Crippen LogP contribution in [0, 0.1) is 5.92 Å². The lowest BCUT2D eigenvalue weighted by atomic mass is 10.2. The Morgan fingerprint density at radius 3 is 2.25 bits per heavy atom. The molecule has 1 amide bonds. The van der Waals surface area contributed by atoms with Crippen LogP contribution in [0.15, 0.2) is 0 Å². The van der Waals surface area contributed by atoms with Crippen LogP contribution in [-0.4, -0.2) is 23.4 Å². The van der Waals surface area contributed by atoms with Crippen LogP contribution in [0.4, 0.5) is 0 Å². The standard InChI is InChI=1S/C8H13NO.C2H6/c1-6-4-8(10)9(5-6)7-2-3-7;1-2/h6-7H,2-5H2,1H3;1-2H3. The van der Waals surface area contributed by atoms with Crippen LogP contribution in [0.2, 0.25) is 0 Å². The summed E-state index contributed by atoms with van der Waals surface area (Å²) in [6.07, 6.45) is 3.29. The first-order chi connectivity index (χ1) is 5.77. The van der Waals surface area contributed by atoms with E-state index in [1.54, 1.807) is 0 Å². The third-order valence-corrected chi connectivity index (χ3v) is 2.34. The van der Waals surface area contributed by atoms with E-state index < -0.39 is 0 Å². The van der Waals surface area contributed by atoms with E-state index in [-0.39, 0.29) is 0 Å². The summed E-state index contributed by atoms with van der Waals surface area (Å²) in [6.45, 7) is 7.17. The van der Waals surface area contributed by atoms with Crippen molar-refractivity contribution in [1.82, 2.24) is 4.90 Å². The van der Waals surface area contributed by atoms with Gasteiger partial charge >= 0.3 is 0 Å². The Morgan fingerprint density at radius 2 is 1.92 bits per heavy atom. The highest BCUT2D eigenvalue weighted by Gasteiger charge is 2.37. The molecule has 0 aromatic heterocycles. The largest absolute Gasteiger partial charge is 0.339 e. The van der Waals surface area contributed by atoms with Gasteiger partial charge in [-0.1, -0.05) is 20.8 Å². The van der Waals surface area contributed by atoms with E-state index in [9.17, 15) is 4.79 Å². The number of carbonyl (C=O) groups is 1. The Hall–Kier alpha value is -0.530. The number of nitrogens with zero attached hydrogens (tertiary/aromatic N) is 1. The minimum atomic E-state index is 0.384. The van der Waals surface area contributed by atoms with Crippen molar-refractivity contribution in [2.75, 3.05) is 6.54 Å². The van der Waals surface area contributed by atoms with E-state index in [2.05, 4.69) is 11.8 Å². The Bertz CT molecular complexity index is 163. The molecule has 1 atom stereocenters. The summed E-state index contributed by atoms with van der Waals surface area (Å²) < 4.78 is 0. The molecule has 0 bridgehead atoms. The molecule has 0 N–H and O–H groups in total. The first kappa shape index (κ1) is 9.56. The van der Waals surface area contributed by atoms with Crippen molar-refractivity contribution in [3.05, 3.63) is 0 Å². The van der Waals surface area contributed by atoms with Crippen molar-refractivity contribution >= 4 is 5.91 Å². The number of hydrogen-bond acceptors (Lipinski definition) is 1. The number of amides is 1. The molecule has 2 nitrogen and oxygen atoms in total. The maximum Gasteiger partial charge on any atom is 0.223 e. The Balaban J connectivity index is 0.000000336. The van der Waals surface area contributed by atoms with Gasteiger partial charge in [0.05, 0.1) is 0 Å². The minimum Gasteiger partial charge on any atom is -0.339 e. The molecule has 1 heterocycles. The van der Waals surface area contributed by atoms with Gasteiger partial charge in [0.25, 0.3) is 0 Å². The third kappa shape index (κ3) is 1.99. The lowest BCUT2D eigenvalue weighted by Crippen LogP contribution is -2.27. The molecule has 2 fully saturated rings. The van der Waals surface area contributed by atoms with Gasteiger partial charge in [-0.25, -0.2) is 0 Å². The number of likely N-dealkylation sites (tertiary alicyclic amines) is 1. The summed E-state index contributed by atoms with van der Waals surface area (Å²) in [5, 5.41) is 0. The molecule has 2 aliphatic rings. The zero-order chi connectivity index (χ0) is 9.14. The fourth-order valence-electron chi connectivity index (χ4n) is 1.66. The van der Waals surface area contributed by atoms with E-state index in [0.29, 0.717) is 17.9 Å². The quantitative estimate of drug-likeness (QED) is 0.588. The second kappa shape index (κ2) is 3.92. The minimum absolute atomic E-state index is 0.384. The zero-order valence-corrected chi connectivity index (χ0v) is 8.34. The summed E-state index contributed by atoms with van der Waals surface area (Å²) >= 11 is 0. The van der Waals surface area contributed by atoms with Gasteiger partial charge in [-0.2, -0.15) is 0 Å². The molecule has 0 spiro atoms. The summed E-state index contributed by atoms with van der Waals surface area (Å²) in [7, 11) is 0. The second-order valence-corrected chi connectivity index (χ2v) is 3.59. The lowest BCUT2D eigenvalue weighted by Gasteiger charge is -2.13. The number of hydrogen-bond donors (Lipinski definition) is 0. The summed E-state index contributed by atoms with van der Waals surface area (Å²) in [5.74, 6) is 0.989. The fourth-order valence-corrected chi connectivity index (χ4v) is 1.66. The average molecular weight is 169 g/mol. The smallest absolute Gasteiger partial charge is 0.223 e. The van der Waals surface area contributed by atoms with Crippen molar-refractivity contribution < 1.29 is 4.79 Å². The van der Waals surface area contributed by atoms with Crippen LogP contribution in [0.25, 0.3) is 0 Å². The van der Waals surface area contributed by atoms with Gasteiger partial charge in [0.2, 0.25) is 5.91 Å². The molecule has 1 saturated heterocycles. The molecule has 1 unspecified atom stereocenters. The Kier molecular flexibility index (Phi) is 3.12. The maximum atomic E-state index is 11.2. The first-order valence-corrected chi connectivity index (χ1v) is 5.07. The fraction of sp³-hybridized carbons (Fsp3) is 0.900. The molecule has 0 aromatic carbocycles. The molecular weight excluding hydrogens is 150 g/mol. The summed E-state index contributed by atoms with van der Waals surface area (Å²) in [5.41, 5.74) is 0. The normalized spacial score (nSPS) is 28.4. The van der Waals surface area contributed by atoms with Gasteiger partial charge in [0, 0.05) is 19.0 Å². The van der Waals surface area contributed by atoms with Crippen LogP contribution in [0.1, 0.15) is 40.0 Å². The highest BCUT2D eigenvalue weighted by atomic mass is 16.2. The third-order valence-electron chi connectivity index (χ3n) is 2.34. The summed E-state index contributed by atoms with van der Waals surface area (Å²) in [4.78, 5) is 13.3. The van der Waals surface area contributed by atoms with Crippen LogP contribution in [-0.2, 0) is 4.79 Å². The molecule has 1 saturated carbocycles. The van der Waals surface area contributed by atoms with E-state index in [1.165, 1.54) is 12.8 Å². The number of rotatable bonds is 1. The van der Waals surface area contributed by atoms with Gasteiger partial charge in [-0.15, -0.1) is 0 Å². The van der Waals surface area contributed by atoms with Gasteiger partial charge in [0.1, 0.15) is 0 Å². The highest BCUT2D eigenvalue weighted by molar-refractivity contribution is 5.79. The highest BCUT2D eigenvalue weighted by Crippen LogP contribution is 2.32. The zero-order valence-electron chi connectivity index (χ0n) is 8.34. The van der Waals surface area contributed by atoms with E-state index in [1.807, 2.05) is 13.8 Å². The monoisotopic (exact) mass is 169 g/mol. The molecular formula is C10H19NO. The Labute approximate surface area is 74.9 Å². The van der Waals surface area contributed by atoms with Crippen LogP contribution < -0.4 is 0 Å². The molecule has 0 radical (unpaired) electrons. The van der Waals surface area contributed by atoms with Crippen molar-refractivity contribution in [2.45, 2.75) is 46.1 Å². The van der Waals surface area contributed by atoms with Gasteiger partial charge in [-0.3, -0.25) is 4.79 Å². The van der Waals surface area contributed by atoms with Crippen LogP contribution in [0.3, 0.4) is 0 Å². The first-order valence-electron chi connectivity index (χ1n) is 5.07. The predicted octanol–water partition coefficient (Wildman–Crippen LogP) is 2.04. The Morgan fingerprint density at radius 1 is 1.33 bits per heavy atom. The van der Waals surface area contributed by atoms with Crippen molar-refractivity contribution in [3.8, 4) is 0 Å². The van der Waals surface area contributed by atoms with E-state index >= 15 is 0 Å². The van der Waals surface area contributed by atoms with Gasteiger partial charge in [-0.05, 0) is 18.8 Å². The van der Waals surface area contributed by atoms with Crippen LogP contribution in [0.5, 0.6) is 0 Å². The van der Waals surface area contributed by atoms with E-state index in [0.717, 1.165) is 13.0 Å². The topological polar surface area (TPSA) is 20.3 Å². The molecule has 2 heteroatoms. The molecule has 1 aliphatic heterocycles. The summed E-state index contributed by atoms with van der Waals surface area (Å²) in [6, 6.07) is 0.637. The maximum absolute atomic E-state index is 11.2. The lowest BCUT2D eigenvalue weighted by molar-refractivity contribution is -0.128. The molecule has 2 rings (SSSR count). The van der Waals surface area contributed by atoms with Gasteiger partial charge in [0.15, 0.2) is 0 Å². The van der Waals surface area contributed by atoms with E-state index in [4.69, 9.17) is 0 Å². The molecule has 0 aromatic rings. The molecule has 1 aliphatic carbocycles. The molecule has 70 valence electrons. The SMILES string of the molecule is CC.CC1CC(=O)N(C2CC2)C1. The van der Waals surface area contributed by atoms with Crippen molar-refractivity contribution in [3.63, 3.8) is 0 Å². The average Bonchev–Trinajstić information content (AvgIpc) is 2.83. The predicted molar refractivity (Wildman–Crippen MR) is 49.9 cm³/mol. The van der Waals surface area contributed by atoms with Crippen LogP contribution >= 0.6 is 0 Å². The number of carbonyl (C=O) groups excluding carboxylic acids is 1. The second-order valence-electron chi connectivity index (χ2n) is 3.59. The van der Waals surface area contributed by atoms with Crippen molar-refractivity contribution in [1.29, 1.82) is 0 Å².